The van der Waals surface area contributed by atoms with E-state index in [2.05, 4.69) is 20.9 Å². The van der Waals surface area contributed by atoms with E-state index in [1.54, 1.807) is 18.3 Å². The molecule has 6 heteroatoms. The van der Waals surface area contributed by atoms with E-state index in [9.17, 15) is 10.1 Å². The SMILES string of the molecule is Cc1nccn1-c1ccc([N+](=O)[O-])cc1CBr. The van der Waals surface area contributed by atoms with Crippen molar-refractivity contribution in [2.24, 2.45) is 0 Å². The third-order valence-electron chi connectivity index (χ3n) is 2.50. The maximum absolute atomic E-state index is 10.7. The molecule has 0 spiro atoms. The standard InChI is InChI=1S/C11H10BrN3O2/c1-8-13-4-5-14(8)11-3-2-10(15(16)17)6-9(11)7-12/h2-6H,7H2,1H3. The van der Waals surface area contributed by atoms with E-state index < -0.39 is 4.92 Å². The van der Waals surface area contributed by atoms with Gasteiger partial charge in [0.15, 0.2) is 0 Å². The number of aryl methyl sites for hydroxylation is 1. The number of nitro benzene ring substituents is 1. The molecule has 0 aliphatic heterocycles. The quantitative estimate of drug-likeness (QED) is 0.497. The first-order valence-corrected chi connectivity index (χ1v) is 6.09. The van der Waals surface area contributed by atoms with Crippen molar-refractivity contribution in [3.63, 3.8) is 0 Å². The van der Waals surface area contributed by atoms with Crippen LogP contribution in [0.3, 0.4) is 0 Å². The van der Waals surface area contributed by atoms with Gasteiger partial charge in [-0.05, 0) is 18.6 Å². The van der Waals surface area contributed by atoms with E-state index in [-0.39, 0.29) is 5.69 Å². The van der Waals surface area contributed by atoms with Gasteiger partial charge < -0.3 is 4.57 Å². The fourth-order valence-electron chi connectivity index (χ4n) is 1.66. The van der Waals surface area contributed by atoms with Gasteiger partial charge in [0, 0.05) is 29.9 Å². The zero-order chi connectivity index (χ0) is 12.4. The first-order chi connectivity index (χ1) is 8.13. The van der Waals surface area contributed by atoms with Crippen molar-refractivity contribution >= 4 is 21.6 Å². The number of hydrogen-bond acceptors (Lipinski definition) is 3. The van der Waals surface area contributed by atoms with E-state index in [4.69, 9.17) is 0 Å². The minimum Gasteiger partial charge on any atom is -0.304 e. The van der Waals surface area contributed by atoms with Crippen LogP contribution in [0, 0.1) is 17.0 Å². The fourth-order valence-corrected chi connectivity index (χ4v) is 2.11. The summed E-state index contributed by atoms with van der Waals surface area (Å²) >= 11 is 3.35. The maximum Gasteiger partial charge on any atom is 0.269 e. The van der Waals surface area contributed by atoms with Crippen LogP contribution in [0.1, 0.15) is 11.4 Å². The molecule has 0 N–H and O–H groups in total. The highest BCUT2D eigenvalue weighted by Gasteiger charge is 2.12. The number of nitro groups is 1. The van der Waals surface area contributed by atoms with E-state index >= 15 is 0 Å². The van der Waals surface area contributed by atoms with Crippen LogP contribution in [0.25, 0.3) is 5.69 Å². The molecule has 0 amide bonds. The Hall–Kier alpha value is -1.69. The molecule has 0 saturated carbocycles. The molecule has 2 aromatic rings. The summed E-state index contributed by atoms with van der Waals surface area (Å²) in [6.45, 7) is 1.89. The van der Waals surface area contributed by atoms with Crippen molar-refractivity contribution < 1.29 is 4.92 Å². The Balaban J connectivity index is 2.56. The number of rotatable bonds is 3. The molecular formula is C11H10BrN3O2. The lowest BCUT2D eigenvalue weighted by Crippen LogP contribution is -2.00. The summed E-state index contributed by atoms with van der Waals surface area (Å²) in [5.74, 6) is 0.848. The molecule has 0 aliphatic rings. The van der Waals surface area contributed by atoms with Gasteiger partial charge in [0.05, 0.1) is 10.6 Å². The Kier molecular flexibility index (Phi) is 3.23. The summed E-state index contributed by atoms with van der Waals surface area (Å²) in [4.78, 5) is 14.5. The summed E-state index contributed by atoms with van der Waals surface area (Å²) in [5, 5.41) is 11.3. The highest BCUT2D eigenvalue weighted by molar-refractivity contribution is 9.08. The number of imidazole rings is 1. The van der Waals surface area contributed by atoms with E-state index in [1.165, 1.54) is 6.07 Å². The molecule has 0 unspecified atom stereocenters. The maximum atomic E-state index is 10.7. The van der Waals surface area contributed by atoms with Gasteiger partial charge in [0.2, 0.25) is 0 Å². The van der Waals surface area contributed by atoms with Crippen LogP contribution in [0.5, 0.6) is 0 Å². The second kappa shape index (κ2) is 4.67. The third-order valence-corrected chi connectivity index (χ3v) is 3.11. The highest BCUT2D eigenvalue weighted by Crippen LogP contribution is 2.24. The van der Waals surface area contributed by atoms with Crippen molar-refractivity contribution in [2.45, 2.75) is 12.3 Å². The fraction of sp³-hybridized carbons (Fsp3) is 0.182. The van der Waals surface area contributed by atoms with Gasteiger partial charge in [-0.3, -0.25) is 10.1 Å². The van der Waals surface area contributed by atoms with Gasteiger partial charge in [-0.1, -0.05) is 15.9 Å². The second-order valence-corrected chi connectivity index (χ2v) is 4.11. The van der Waals surface area contributed by atoms with Gasteiger partial charge in [0.1, 0.15) is 5.82 Å². The van der Waals surface area contributed by atoms with Crippen molar-refractivity contribution in [3.8, 4) is 5.69 Å². The molecule has 2 rings (SSSR count). The third kappa shape index (κ3) is 2.21. The summed E-state index contributed by atoms with van der Waals surface area (Å²) in [5.41, 5.74) is 1.86. The first-order valence-electron chi connectivity index (χ1n) is 4.97. The van der Waals surface area contributed by atoms with Gasteiger partial charge in [0.25, 0.3) is 5.69 Å². The topological polar surface area (TPSA) is 61.0 Å². The summed E-state index contributed by atoms with van der Waals surface area (Å²) in [7, 11) is 0. The monoisotopic (exact) mass is 295 g/mol. The first kappa shape index (κ1) is 11.8. The average molecular weight is 296 g/mol. The van der Waals surface area contributed by atoms with Gasteiger partial charge in [-0.15, -0.1) is 0 Å². The molecule has 88 valence electrons. The van der Waals surface area contributed by atoms with Crippen LogP contribution in [0.2, 0.25) is 0 Å². The molecule has 17 heavy (non-hydrogen) atoms. The molecule has 0 saturated heterocycles. The molecule has 0 atom stereocenters. The zero-order valence-corrected chi connectivity index (χ0v) is 10.7. The smallest absolute Gasteiger partial charge is 0.269 e. The highest BCUT2D eigenvalue weighted by atomic mass is 79.9. The molecule has 0 fully saturated rings. The van der Waals surface area contributed by atoms with Crippen LogP contribution >= 0.6 is 15.9 Å². The van der Waals surface area contributed by atoms with Crippen LogP contribution < -0.4 is 0 Å². The number of halogens is 1. The van der Waals surface area contributed by atoms with Crippen LogP contribution in [-0.2, 0) is 5.33 Å². The summed E-state index contributed by atoms with van der Waals surface area (Å²) in [6, 6.07) is 4.81. The molecule has 0 aliphatic carbocycles. The van der Waals surface area contributed by atoms with Gasteiger partial charge in [-0.25, -0.2) is 4.98 Å². The van der Waals surface area contributed by atoms with Crippen molar-refractivity contribution in [3.05, 3.63) is 52.1 Å². The Labute approximate surface area is 106 Å². The number of hydrogen-bond donors (Lipinski definition) is 0. The average Bonchev–Trinajstić information content (AvgIpc) is 2.74. The van der Waals surface area contributed by atoms with Crippen molar-refractivity contribution in [1.82, 2.24) is 9.55 Å². The largest absolute Gasteiger partial charge is 0.304 e. The predicted octanol–water partition coefficient (Wildman–Crippen LogP) is 2.98. The minimum atomic E-state index is -0.392. The molecule has 1 heterocycles. The molecule has 1 aromatic carbocycles. The van der Waals surface area contributed by atoms with Crippen molar-refractivity contribution in [2.75, 3.05) is 0 Å². The number of nitrogens with zero attached hydrogens (tertiary/aromatic N) is 3. The Morgan fingerprint density at radius 3 is 2.82 bits per heavy atom. The summed E-state index contributed by atoms with van der Waals surface area (Å²) in [6.07, 6.45) is 3.54. The van der Waals surface area contributed by atoms with Gasteiger partial charge in [-0.2, -0.15) is 0 Å². The summed E-state index contributed by atoms with van der Waals surface area (Å²) < 4.78 is 1.90. The molecule has 5 nitrogen and oxygen atoms in total. The number of benzene rings is 1. The number of alkyl halides is 1. The van der Waals surface area contributed by atoms with Crippen LogP contribution in [0.15, 0.2) is 30.6 Å². The van der Waals surface area contributed by atoms with E-state index in [1.807, 2.05) is 17.7 Å². The normalized spacial score (nSPS) is 10.5. The number of non-ortho nitro benzene ring substituents is 1. The lowest BCUT2D eigenvalue weighted by molar-refractivity contribution is -0.384. The Morgan fingerprint density at radius 2 is 2.29 bits per heavy atom. The molecule has 0 radical (unpaired) electrons. The Bertz CT molecular complexity index is 566. The zero-order valence-electron chi connectivity index (χ0n) is 9.13. The Morgan fingerprint density at radius 1 is 1.53 bits per heavy atom. The van der Waals surface area contributed by atoms with Crippen LogP contribution in [0.4, 0.5) is 5.69 Å². The predicted molar refractivity (Wildman–Crippen MR) is 67.6 cm³/mol. The molecule has 1 aromatic heterocycles. The van der Waals surface area contributed by atoms with E-state index in [0.29, 0.717) is 5.33 Å². The molecule has 0 bridgehead atoms. The lowest BCUT2D eigenvalue weighted by Gasteiger charge is -2.09. The minimum absolute atomic E-state index is 0.0981. The van der Waals surface area contributed by atoms with Crippen LogP contribution in [-0.4, -0.2) is 14.5 Å². The van der Waals surface area contributed by atoms with Crippen molar-refractivity contribution in [1.29, 1.82) is 0 Å². The lowest BCUT2D eigenvalue weighted by atomic mass is 10.1. The van der Waals surface area contributed by atoms with E-state index in [0.717, 1.165) is 17.1 Å². The second-order valence-electron chi connectivity index (χ2n) is 3.55. The molecular weight excluding hydrogens is 286 g/mol. The number of aromatic nitrogens is 2. The van der Waals surface area contributed by atoms with Gasteiger partial charge >= 0.3 is 0 Å².